The zero-order valence-corrected chi connectivity index (χ0v) is 15.7. The van der Waals surface area contributed by atoms with Crippen LogP contribution in [0.4, 0.5) is 4.39 Å². The van der Waals surface area contributed by atoms with Crippen molar-refractivity contribution in [1.82, 2.24) is 5.32 Å². The third-order valence-corrected chi connectivity index (χ3v) is 3.71. The van der Waals surface area contributed by atoms with Crippen LogP contribution in [0.25, 0.3) is 0 Å². The van der Waals surface area contributed by atoms with E-state index < -0.39 is 18.0 Å². The van der Waals surface area contributed by atoms with Crippen molar-refractivity contribution in [3.8, 4) is 5.75 Å². The van der Waals surface area contributed by atoms with Crippen molar-refractivity contribution in [2.45, 2.75) is 33.4 Å². The minimum Gasteiger partial charge on any atom is -0.493 e. The lowest BCUT2D eigenvalue weighted by molar-refractivity contribution is -0.129. The Morgan fingerprint density at radius 3 is 2.22 bits per heavy atom. The monoisotopic (exact) mass is 373 g/mol. The van der Waals surface area contributed by atoms with Gasteiger partial charge in [-0.15, -0.1) is 0 Å². The number of rotatable bonds is 8. The van der Waals surface area contributed by atoms with E-state index in [0.29, 0.717) is 23.8 Å². The molecule has 2 aromatic carbocycles. The Bertz CT molecular complexity index is 757. The molecule has 144 valence electrons. The zero-order valence-electron chi connectivity index (χ0n) is 15.7. The van der Waals surface area contributed by atoms with Gasteiger partial charge in [0.1, 0.15) is 11.6 Å². The van der Waals surface area contributed by atoms with Gasteiger partial charge in [-0.2, -0.15) is 0 Å². The number of hydrogen-bond acceptors (Lipinski definition) is 4. The molecule has 0 spiro atoms. The highest BCUT2D eigenvalue weighted by Gasteiger charge is 2.18. The molecule has 0 aliphatic rings. The normalized spacial score (nSPS) is 11.7. The summed E-state index contributed by atoms with van der Waals surface area (Å²) >= 11 is 0. The van der Waals surface area contributed by atoms with Crippen LogP contribution in [-0.2, 0) is 16.1 Å². The molecule has 0 aliphatic carbocycles. The molecule has 6 heteroatoms. The van der Waals surface area contributed by atoms with E-state index >= 15 is 0 Å². The summed E-state index contributed by atoms with van der Waals surface area (Å²) in [6.45, 7) is 6.42. The first-order valence-electron chi connectivity index (χ1n) is 8.81. The third kappa shape index (κ3) is 6.73. The molecule has 0 saturated heterocycles. The van der Waals surface area contributed by atoms with Gasteiger partial charge < -0.3 is 14.8 Å². The predicted octanol–water partition coefficient (Wildman–Crippen LogP) is 3.72. The molecule has 0 heterocycles. The first-order valence-corrected chi connectivity index (χ1v) is 8.81. The fourth-order valence-electron chi connectivity index (χ4n) is 2.17. The van der Waals surface area contributed by atoms with Gasteiger partial charge in [0.15, 0.2) is 6.10 Å². The summed E-state index contributed by atoms with van der Waals surface area (Å²) in [6, 6.07) is 12.4. The second-order valence-electron chi connectivity index (χ2n) is 6.62. The maximum atomic E-state index is 12.9. The molecule has 27 heavy (non-hydrogen) atoms. The number of carbonyl (C=O) groups is 2. The second kappa shape index (κ2) is 9.71. The van der Waals surface area contributed by atoms with E-state index in [1.54, 1.807) is 36.4 Å². The SMILES string of the molecule is CC(C)COc1ccc(C(=O)O[C@H](C)C(=O)NCc2ccc(F)cc2)cc1. The van der Waals surface area contributed by atoms with Crippen LogP contribution in [0.1, 0.15) is 36.7 Å². The lowest BCUT2D eigenvalue weighted by Gasteiger charge is -2.14. The van der Waals surface area contributed by atoms with Crippen LogP contribution in [-0.4, -0.2) is 24.6 Å². The van der Waals surface area contributed by atoms with Gasteiger partial charge >= 0.3 is 5.97 Å². The smallest absolute Gasteiger partial charge is 0.338 e. The number of carbonyl (C=O) groups excluding carboxylic acids is 2. The molecule has 0 unspecified atom stereocenters. The molecular weight excluding hydrogens is 349 g/mol. The molecule has 0 bridgehead atoms. The van der Waals surface area contributed by atoms with Crippen molar-refractivity contribution in [2.75, 3.05) is 6.61 Å². The van der Waals surface area contributed by atoms with Crippen molar-refractivity contribution in [3.05, 3.63) is 65.5 Å². The van der Waals surface area contributed by atoms with Crippen LogP contribution in [0.15, 0.2) is 48.5 Å². The van der Waals surface area contributed by atoms with E-state index in [4.69, 9.17) is 9.47 Å². The lowest BCUT2D eigenvalue weighted by atomic mass is 10.2. The quantitative estimate of drug-likeness (QED) is 0.716. The van der Waals surface area contributed by atoms with Crippen LogP contribution in [0.5, 0.6) is 5.75 Å². The van der Waals surface area contributed by atoms with Gasteiger partial charge in [-0.25, -0.2) is 9.18 Å². The van der Waals surface area contributed by atoms with Crippen molar-refractivity contribution in [1.29, 1.82) is 0 Å². The van der Waals surface area contributed by atoms with Gasteiger partial charge in [-0.05, 0) is 54.8 Å². The molecule has 2 rings (SSSR count). The minimum absolute atomic E-state index is 0.225. The Hall–Kier alpha value is -2.89. The van der Waals surface area contributed by atoms with Crippen LogP contribution >= 0.6 is 0 Å². The minimum atomic E-state index is -0.949. The van der Waals surface area contributed by atoms with Crippen LogP contribution in [0.3, 0.4) is 0 Å². The van der Waals surface area contributed by atoms with Gasteiger partial charge in [0.2, 0.25) is 0 Å². The number of amides is 1. The number of benzene rings is 2. The summed E-state index contributed by atoms with van der Waals surface area (Å²) in [4.78, 5) is 24.2. The molecule has 0 fully saturated rings. The average molecular weight is 373 g/mol. The summed E-state index contributed by atoms with van der Waals surface area (Å²) in [6.07, 6.45) is -0.949. The van der Waals surface area contributed by atoms with Crippen molar-refractivity contribution >= 4 is 11.9 Å². The van der Waals surface area contributed by atoms with Crippen LogP contribution < -0.4 is 10.1 Å². The zero-order chi connectivity index (χ0) is 19.8. The summed E-state index contributed by atoms with van der Waals surface area (Å²) in [5, 5.41) is 2.65. The fourth-order valence-corrected chi connectivity index (χ4v) is 2.17. The van der Waals surface area contributed by atoms with E-state index in [2.05, 4.69) is 5.32 Å². The van der Waals surface area contributed by atoms with Crippen molar-refractivity contribution < 1.29 is 23.5 Å². The average Bonchev–Trinajstić information content (AvgIpc) is 2.65. The molecule has 0 radical (unpaired) electrons. The maximum absolute atomic E-state index is 12.9. The molecule has 0 aliphatic heterocycles. The Labute approximate surface area is 158 Å². The first kappa shape index (κ1) is 20.4. The summed E-state index contributed by atoms with van der Waals surface area (Å²) in [5.74, 6) is -0.276. The highest BCUT2D eigenvalue weighted by atomic mass is 19.1. The summed E-state index contributed by atoms with van der Waals surface area (Å²) in [5.41, 5.74) is 1.09. The molecule has 5 nitrogen and oxygen atoms in total. The van der Waals surface area contributed by atoms with E-state index in [0.717, 1.165) is 5.56 Å². The molecule has 1 N–H and O–H groups in total. The Morgan fingerprint density at radius 2 is 1.63 bits per heavy atom. The standard InChI is InChI=1S/C21H24FNO4/c1-14(2)13-26-19-10-6-17(7-11-19)21(25)27-15(3)20(24)23-12-16-4-8-18(22)9-5-16/h4-11,14-15H,12-13H2,1-3H3,(H,23,24)/t15-/m1/s1. The molecule has 1 amide bonds. The van der Waals surface area contributed by atoms with Gasteiger partial charge in [0, 0.05) is 6.54 Å². The van der Waals surface area contributed by atoms with E-state index in [1.807, 2.05) is 13.8 Å². The number of ether oxygens (including phenoxy) is 2. The fraction of sp³-hybridized carbons (Fsp3) is 0.333. The van der Waals surface area contributed by atoms with Gasteiger partial charge in [0.05, 0.1) is 12.2 Å². The maximum Gasteiger partial charge on any atom is 0.338 e. The Morgan fingerprint density at radius 1 is 1.00 bits per heavy atom. The highest BCUT2D eigenvalue weighted by molar-refractivity contribution is 5.92. The Kier molecular flexibility index (Phi) is 7.34. The number of nitrogens with one attached hydrogen (secondary N) is 1. The number of esters is 1. The van der Waals surface area contributed by atoms with Crippen molar-refractivity contribution in [2.24, 2.45) is 5.92 Å². The number of halogens is 1. The largest absolute Gasteiger partial charge is 0.493 e. The van der Waals surface area contributed by atoms with E-state index in [-0.39, 0.29) is 12.4 Å². The Balaban J connectivity index is 1.83. The highest BCUT2D eigenvalue weighted by Crippen LogP contribution is 2.14. The van der Waals surface area contributed by atoms with Crippen LogP contribution in [0, 0.1) is 11.7 Å². The van der Waals surface area contributed by atoms with E-state index in [9.17, 15) is 14.0 Å². The third-order valence-electron chi connectivity index (χ3n) is 3.71. The van der Waals surface area contributed by atoms with Gasteiger partial charge in [-0.1, -0.05) is 26.0 Å². The van der Waals surface area contributed by atoms with Gasteiger partial charge in [0.25, 0.3) is 5.91 Å². The molecule has 1 atom stereocenters. The van der Waals surface area contributed by atoms with Crippen LogP contribution in [0.2, 0.25) is 0 Å². The summed E-state index contributed by atoms with van der Waals surface area (Å²) in [7, 11) is 0. The van der Waals surface area contributed by atoms with E-state index in [1.165, 1.54) is 19.1 Å². The summed E-state index contributed by atoms with van der Waals surface area (Å²) < 4.78 is 23.6. The molecule has 2 aromatic rings. The molecule has 0 saturated carbocycles. The van der Waals surface area contributed by atoms with Crippen molar-refractivity contribution in [3.63, 3.8) is 0 Å². The molecular formula is C21H24FNO4. The topological polar surface area (TPSA) is 64.6 Å². The first-order chi connectivity index (χ1) is 12.8. The molecule has 0 aromatic heterocycles. The second-order valence-corrected chi connectivity index (χ2v) is 6.62. The lowest BCUT2D eigenvalue weighted by Crippen LogP contribution is -2.35. The predicted molar refractivity (Wildman–Crippen MR) is 99.9 cm³/mol. The van der Waals surface area contributed by atoms with Gasteiger partial charge in [-0.3, -0.25) is 4.79 Å². The number of hydrogen-bond donors (Lipinski definition) is 1.